The summed E-state index contributed by atoms with van der Waals surface area (Å²) in [6.07, 6.45) is 11.2. The average Bonchev–Trinajstić information content (AvgIpc) is 2.49. The molecule has 1 saturated heterocycles. The first-order valence-corrected chi connectivity index (χ1v) is 9.18. The lowest BCUT2D eigenvalue weighted by Crippen LogP contribution is -2.50. The van der Waals surface area contributed by atoms with Gasteiger partial charge < -0.3 is 9.84 Å². The van der Waals surface area contributed by atoms with Crippen molar-refractivity contribution in [2.75, 3.05) is 19.7 Å². The maximum Gasteiger partial charge on any atom is 0.0961 e. The Morgan fingerprint density at radius 2 is 1.67 bits per heavy atom. The van der Waals surface area contributed by atoms with E-state index < -0.39 is 0 Å². The van der Waals surface area contributed by atoms with Gasteiger partial charge in [0.15, 0.2) is 0 Å². The topological polar surface area (TPSA) is 32.7 Å². The van der Waals surface area contributed by atoms with Crippen molar-refractivity contribution in [3.63, 3.8) is 0 Å². The third kappa shape index (κ3) is 8.18. The van der Waals surface area contributed by atoms with Crippen molar-refractivity contribution in [1.29, 1.82) is 0 Å². The summed E-state index contributed by atoms with van der Waals surface area (Å²) in [7, 11) is 0. The number of hydrogen-bond acceptors (Lipinski definition) is 3. The molecule has 0 aromatic rings. The molecule has 1 N–H and O–H groups in total. The Morgan fingerprint density at radius 1 is 1.05 bits per heavy atom. The molecule has 0 aromatic carbocycles. The molecule has 2 unspecified atom stereocenters. The molecule has 0 saturated carbocycles. The maximum atomic E-state index is 10.3. The van der Waals surface area contributed by atoms with Crippen molar-refractivity contribution in [3.05, 3.63) is 0 Å². The highest BCUT2D eigenvalue weighted by atomic mass is 16.5. The molecule has 0 radical (unpaired) electrons. The molecule has 21 heavy (non-hydrogen) atoms. The van der Waals surface area contributed by atoms with Crippen LogP contribution in [0.25, 0.3) is 0 Å². The van der Waals surface area contributed by atoms with Crippen LogP contribution in [0, 0.1) is 0 Å². The number of aliphatic hydroxyl groups excluding tert-OH is 1. The van der Waals surface area contributed by atoms with Crippen molar-refractivity contribution < 1.29 is 9.84 Å². The van der Waals surface area contributed by atoms with Crippen LogP contribution in [-0.2, 0) is 4.74 Å². The van der Waals surface area contributed by atoms with E-state index in [0.717, 1.165) is 32.5 Å². The van der Waals surface area contributed by atoms with Crippen LogP contribution in [0.3, 0.4) is 0 Å². The maximum absolute atomic E-state index is 10.3. The van der Waals surface area contributed by atoms with Gasteiger partial charge in [-0.05, 0) is 20.3 Å². The molecule has 126 valence electrons. The second-order valence-electron chi connectivity index (χ2n) is 6.83. The summed E-state index contributed by atoms with van der Waals surface area (Å²) < 4.78 is 5.75. The number of aliphatic hydroxyl groups is 1. The molecule has 0 aromatic heterocycles. The highest BCUT2D eigenvalue weighted by Gasteiger charge is 2.27. The molecule has 0 spiro atoms. The lowest BCUT2D eigenvalue weighted by molar-refractivity contribution is -0.0968. The molecule has 3 nitrogen and oxygen atoms in total. The average molecular weight is 299 g/mol. The van der Waals surface area contributed by atoms with Gasteiger partial charge >= 0.3 is 0 Å². The van der Waals surface area contributed by atoms with Gasteiger partial charge in [-0.3, -0.25) is 4.90 Å². The first kappa shape index (κ1) is 18.9. The monoisotopic (exact) mass is 299 g/mol. The van der Waals surface area contributed by atoms with Gasteiger partial charge in [-0.25, -0.2) is 0 Å². The van der Waals surface area contributed by atoms with Crippen LogP contribution in [0.2, 0.25) is 0 Å². The van der Waals surface area contributed by atoms with Crippen LogP contribution < -0.4 is 0 Å². The van der Waals surface area contributed by atoms with Gasteiger partial charge in [0.05, 0.1) is 18.8 Å². The van der Waals surface area contributed by atoms with Crippen LogP contribution >= 0.6 is 0 Å². The number of rotatable bonds is 11. The molecule has 0 bridgehead atoms. The molecule has 3 heteroatoms. The fourth-order valence-electron chi connectivity index (χ4n) is 3.07. The van der Waals surface area contributed by atoms with Crippen molar-refractivity contribution in [1.82, 2.24) is 4.90 Å². The largest absolute Gasteiger partial charge is 0.390 e. The summed E-state index contributed by atoms with van der Waals surface area (Å²) in [6.45, 7) is 9.33. The second-order valence-corrected chi connectivity index (χ2v) is 6.83. The fourth-order valence-corrected chi connectivity index (χ4v) is 3.07. The van der Waals surface area contributed by atoms with E-state index in [0.29, 0.717) is 6.04 Å². The standard InChI is InChI=1S/C18H37NO2/c1-4-5-6-7-8-9-10-11-12-17(20)18-15-19(16(2)3)13-14-21-18/h16-18,20H,4-15H2,1-3H3. The van der Waals surface area contributed by atoms with E-state index in [9.17, 15) is 5.11 Å². The van der Waals surface area contributed by atoms with Gasteiger partial charge in [-0.15, -0.1) is 0 Å². The first-order valence-electron chi connectivity index (χ1n) is 9.18. The van der Waals surface area contributed by atoms with Crippen molar-refractivity contribution >= 4 is 0 Å². The Labute approximate surface area is 132 Å². The lowest BCUT2D eigenvalue weighted by atomic mass is 10.0. The van der Waals surface area contributed by atoms with Gasteiger partial charge in [0.25, 0.3) is 0 Å². The van der Waals surface area contributed by atoms with Gasteiger partial charge in [0, 0.05) is 19.1 Å². The predicted molar refractivity (Wildman–Crippen MR) is 89.7 cm³/mol. The summed E-state index contributed by atoms with van der Waals surface area (Å²) >= 11 is 0. The van der Waals surface area contributed by atoms with Gasteiger partial charge in [0.2, 0.25) is 0 Å². The summed E-state index contributed by atoms with van der Waals surface area (Å²) in [5.41, 5.74) is 0. The third-order valence-electron chi connectivity index (χ3n) is 4.64. The molecular formula is C18H37NO2. The molecular weight excluding hydrogens is 262 g/mol. The summed E-state index contributed by atoms with van der Waals surface area (Å²) in [5, 5.41) is 10.3. The highest BCUT2D eigenvalue weighted by Crippen LogP contribution is 2.17. The summed E-state index contributed by atoms with van der Waals surface area (Å²) in [4.78, 5) is 2.41. The zero-order valence-corrected chi connectivity index (χ0v) is 14.5. The Bertz CT molecular complexity index is 245. The zero-order chi connectivity index (χ0) is 15.5. The summed E-state index contributed by atoms with van der Waals surface area (Å²) in [5.74, 6) is 0. The minimum absolute atomic E-state index is 0.0192. The Balaban J connectivity index is 2.03. The van der Waals surface area contributed by atoms with Crippen LogP contribution in [-0.4, -0.2) is 48.0 Å². The first-order chi connectivity index (χ1) is 10.1. The van der Waals surface area contributed by atoms with Gasteiger partial charge in [0.1, 0.15) is 0 Å². The number of unbranched alkanes of at least 4 members (excludes halogenated alkanes) is 7. The Morgan fingerprint density at radius 3 is 2.29 bits per heavy atom. The number of ether oxygens (including phenoxy) is 1. The van der Waals surface area contributed by atoms with E-state index in [1.807, 2.05) is 0 Å². The minimum atomic E-state index is -0.286. The predicted octanol–water partition coefficient (Wildman–Crippen LogP) is 3.99. The minimum Gasteiger partial charge on any atom is -0.390 e. The fraction of sp³-hybridized carbons (Fsp3) is 1.00. The lowest BCUT2D eigenvalue weighted by Gasteiger charge is -2.37. The molecule has 1 fully saturated rings. The van der Waals surface area contributed by atoms with E-state index >= 15 is 0 Å². The van der Waals surface area contributed by atoms with Crippen LogP contribution in [0.4, 0.5) is 0 Å². The SMILES string of the molecule is CCCCCCCCCCC(O)C1CN(C(C)C)CCO1. The van der Waals surface area contributed by atoms with Crippen LogP contribution in [0.5, 0.6) is 0 Å². The molecule has 1 rings (SSSR count). The quantitative estimate of drug-likeness (QED) is 0.586. The zero-order valence-electron chi connectivity index (χ0n) is 14.5. The van der Waals surface area contributed by atoms with E-state index in [-0.39, 0.29) is 12.2 Å². The van der Waals surface area contributed by atoms with E-state index in [4.69, 9.17) is 4.74 Å². The normalized spacial score (nSPS) is 21.9. The Hall–Kier alpha value is -0.120. The summed E-state index contributed by atoms with van der Waals surface area (Å²) in [6, 6.07) is 0.548. The van der Waals surface area contributed by atoms with Crippen LogP contribution in [0.15, 0.2) is 0 Å². The van der Waals surface area contributed by atoms with E-state index in [1.54, 1.807) is 0 Å². The molecule has 1 aliphatic rings. The molecule has 0 aliphatic carbocycles. The van der Waals surface area contributed by atoms with Crippen molar-refractivity contribution in [3.8, 4) is 0 Å². The van der Waals surface area contributed by atoms with E-state index in [2.05, 4.69) is 25.7 Å². The van der Waals surface area contributed by atoms with Gasteiger partial charge in [-0.2, -0.15) is 0 Å². The molecule has 1 heterocycles. The van der Waals surface area contributed by atoms with Crippen molar-refractivity contribution in [2.45, 2.75) is 96.8 Å². The van der Waals surface area contributed by atoms with Crippen LogP contribution in [0.1, 0.15) is 78.6 Å². The third-order valence-corrected chi connectivity index (χ3v) is 4.64. The molecule has 0 amide bonds. The highest BCUT2D eigenvalue weighted by molar-refractivity contribution is 4.79. The van der Waals surface area contributed by atoms with E-state index in [1.165, 1.54) is 44.9 Å². The molecule has 2 atom stereocenters. The smallest absolute Gasteiger partial charge is 0.0961 e. The number of morpholine rings is 1. The number of hydrogen-bond donors (Lipinski definition) is 1. The molecule has 1 aliphatic heterocycles. The van der Waals surface area contributed by atoms with Crippen molar-refractivity contribution in [2.24, 2.45) is 0 Å². The Kier molecular flexibility index (Phi) is 10.3. The number of nitrogens with zero attached hydrogens (tertiary/aromatic N) is 1. The second kappa shape index (κ2) is 11.4. The van der Waals surface area contributed by atoms with Gasteiger partial charge in [-0.1, -0.05) is 58.3 Å².